The summed E-state index contributed by atoms with van der Waals surface area (Å²) in [5, 5.41) is 6.58. The third-order valence-corrected chi connectivity index (χ3v) is 3.90. The number of ether oxygens (including phenoxy) is 2. The summed E-state index contributed by atoms with van der Waals surface area (Å²) in [7, 11) is 3.26. The van der Waals surface area contributed by atoms with Crippen LogP contribution in [0, 0.1) is 6.92 Å². The van der Waals surface area contributed by atoms with Crippen LogP contribution in [0.1, 0.15) is 18.1 Å². The van der Waals surface area contributed by atoms with Gasteiger partial charge in [-0.25, -0.2) is 0 Å². The molecule has 26 heavy (non-hydrogen) atoms. The monoisotopic (exact) mass is 469 g/mol. The van der Waals surface area contributed by atoms with Crippen molar-refractivity contribution in [3.63, 3.8) is 0 Å². The number of rotatable bonds is 7. The van der Waals surface area contributed by atoms with Crippen molar-refractivity contribution >= 4 is 35.6 Å². The Morgan fingerprint density at radius 2 is 1.77 bits per heavy atom. The van der Waals surface area contributed by atoms with Gasteiger partial charge in [0.15, 0.2) is 17.5 Å². The van der Waals surface area contributed by atoms with Gasteiger partial charge in [-0.3, -0.25) is 4.99 Å². The van der Waals surface area contributed by atoms with Crippen LogP contribution in [0.2, 0.25) is 0 Å². The number of nitrogens with zero attached hydrogens (tertiary/aromatic N) is 1. The maximum absolute atomic E-state index is 5.35. The van der Waals surface area contributed by atoms with E-state index in [2.05, 4.69) is 46.8 Å². The van der Waals surface area contributed by atoms with Crippen LogP contribution in [0.5, 0.6) is 11.5 Å². The molecule has 0 unspecified atom stereocenters. The molecule has 0 aliphatic rings. The predicted octanol–water partition coefficient (Wildman–Crippen LogP) is 4.25. The first-order chi connectivity index (χ1) is 12.2. The number of aryl methyl sites for hydroxylation is 1. The first kappa shape index (κ1) is 22.1. The average molecular weight is 469 g/mol. The number of benzene rings is 2. The Labute approximate surface area is 173 Å². The van der Waals surface area contributed by atoms with E-state index in [0.29, 0.717) is 18.0 Å². The van der Waals surface area contributed by atoms with Gasteiger partial charge in [0.2, 0.25) is 0 Å². The largest absolute Gasteiger partial charge is 0.493 e. The van der Waals surface area contributed by atoms with E-state index < -0.39 is 0 Å². The highest BCUT2D eigenvalue weighted by atomic mass is 127. The number of methoxy groups -OCH3 is 2. The molecule has 0 radical (unpaired) electrons. The van der Waals surface area contributed by atoms with Crippen LogP contribution in [-0.4, -0.2) is 33.3 Å². The number of aliphatic imine (C=N–C) groups is 1. The summed E-state index contributed by atoms with van der Waals surface area (Å²) in [6, 6.07) is 14.1. The van der Waals surface area contributed by atoms with Crippen molar-refractivity contribution in [3.8, 4) is 11.5 Å². The second kappa shape index (κ2) is 11.6. The molecule has 142 valence electrons. The molecule has 0 aromatic heterocycles. The molecule has 0 fully saturated rings. The topological polar surface area (TPSA) is 54.9 Å². The van der Waals surface area contributed by atoms with Gasteiger partial charge >= 0.3 is 0 Å². The number of guanidine groups is 1. The quantitative estimate of drug-likeness (QED) is 0.362. The molecule has 0 atom stereocenters. The maximum Gasteiger partial charge on any atom is 0.195 e. The molecule has 6 heteroatoms. The van der Waals surface area contributed by atoms with Crippen LogP contribution >= 0.6 is 24.0 Å². The molecular formula is C20H28IN3O2. The van der Waals surface area contributed by atoms with E-state index in [-0.39, 0.29) is 24.0 Å². The SMILES string of the molecule is CCNC(=NCCc1ccccc1C)Nc1ccc(OC)c(OC)c1.I. The zero-order chi connectivity index (χ0) is 18.1. The smallest absolute Gasteiger partial charge is 0.195 e. The summed E-state index contributed by atoms with van der Waals surface area (Å²) in [6.07, 6.45) is 0.912. The standard InChI is InChI=1S/C20H27N3O2.HI/c1-5-21-20(22-13-12-16-9-7-6-8-15(16)2)23-17-10-11-18(24-3)19(14-17)25-4;/h6-11,14H,5,12-13H2,1-4H3,(H2,21,22,23);1H. The molecule has 2 aromatic rings. The van der Waals surface area contributed by atoms with E-state index in [1.54, 1.807) is 14.2 Å². The Kier molecular flexibility index (Phi) is 9.87. The molecule has 0 aliphatic carbocycles. The highest BCUT2D eigenvalue weighted by molar-refractivity contribution is 14.0. The minimum Gasteiger partial charge on any atom is -0.493 e. The van der Waals surface area contributed by atoms with Gasteiger partial charge in [-0.05, 0) is 43.5 Å². The molecule has 0 saturated carbocycles. The number of hydrogen-bond acceptors (Lipinski definition) is 3. The third-order valence-electron chi connectivity index (χ3n) is 3.90. The van der Waals surface area contributed by atoms with Crippen molar-refractivity contribution in [3.05, 3.63) is 53.6 Å². The molecule has 0 saturated heterocycles. The Hall–Kier alpha value is -1.96. The van der Waals surface area contributed by atoms with Gasteiger partial charge in [-0.2, -0.15) is 0 Å². The number of halogens is 1. The summed E-state index contributed by atoms with van der Waals surface area (Å²) in [5.41, 5.74) is 3.53. The van der Waals surface area contributed by atoms with Crippen molar-refractivity contribution < 1.29 is 9.47 Å². The van der Waals surface area contributed by atoms with E-state index in [0.717, 1.165) is 24.6 Å². The molecular weight excluding hydrogens is 441 g/mol. The second-order valence-electron chi connectivity index (χ2n) is 5.63. The second-order valence-corrected chi connectivity index (χ2v) is 5.63. The third kappa shape index (κ3) is 6.40. The van der Waals surface area contributed by atoms with Gasteiger partial charge < -0.3 is 20.1 Å². The fourth-order valence-electron chi connectivity index (χ4n) is 2.54. The van der Waals surface area contributed by atoms with Crippen LogP contribution in [0.15, 0.2) is 47.5 Å². The van der Waals surface area contributed by atoms with Crippen molar-refractivity contribution in [1.29, 1.82) is 0 Å². The molecule has 0 heterocycles. The van der Waals surface area contributed by atoms with Gasteiger partial charge in [0, 0.05) is 24.8 Å². The summed E-state index contributed by atoms with van der Waals surface area (Å²) in [4.78, 5) is 4.67. The minimum atomic E-state index is 0. The van der Waals surface area contributed by atoms with Gasteiger partial charge in [0.25, 0.3) is 0 Å². The molecule has 5 nitrogen and oxygen atoms in total. The van der Waals surface area contributed by atoms with Gasteiger partial charge in [0.1, 0.15) is 0 Å². The van der Waals surface area contributed by atoms with E-state index in [1.165, 1.54) is 11.1 Å². The fourth-order valence-corrected chi connectivity index (χ4v) is 2.54. The van der Waals surface area contributed by atoms with Crippen LogP contribution in [0.4, 0.5) is 5.69 Å². The Morgan fingerprint density at radius 1 is 1.04 bits per heavy atom. The van der Waals surface area contributed by atoms with E-state index in [4.69, 9.17) is 9.47 Å². The fraction of sp³-hybridized carbons (Fsp3) is 0.350. The van der Waals surface area contributed by atoms with E-state index in [1.807, 2.05) is 25.1 Å². The molecule has 2 N–H and O–H groups in total. The van der Waals surface area contributed by atoms with Gasteiger partial charge in [0.05, 0.1) is 14.2 Å². The van der Waals surface area contributed by atoms with Crippen molar-refractivity contribution in [2.45, 2.75) is 20.3 Å². The number of hydrogen-bond donors (Lipinski definition) is 2. The van der Waals surface area contributed by atoms with Crippen LogP contribution < -0.4 is 20.1 Å². The highest BCUT2D eigenvalue weighted by Crippen LogP contribution is 2.29. The Balaban J connectivity index is 0.00000338. The van der Waals surface area contributed by atoms with Crippen LogP contribution in [-0.2, 0) is 6.42 Å². The lowest BCUT2D eigenvalue weighted by Crippen LogP contribution is -2.30. The summed E-state index contributed by atoms with van der Waals surface area (Å²) >= 11 is 0. The van der Waals surface area contributed by atoms with Crippen LogP contribution in [0.25, 0.3) is 0 Å². The zero-order valence-corrected chi connectivity index (χ0v) is 18.2. The molecule has 2 aromatic carbocycles. The first-order valence-electron chi connectivity index (χ1n) is 8.49. The Bertz CT molecular complexity index is 720. The summed E-state index contributed by atoms with van der Waals surface area (Å²) in [5.74, 6) is 2.14. The molecule has 0 bridgehead atoms. The highest BCUT2D eigenvalue weighted by Gasteiger charge is 2.06. The summed E-state index contributed by atoms with van der Waals surface area (Å²) in [6.45, 7) is 5.69. The maximum atomic E-state index is 5.35. The lowest BCUT2D eigenvalue weighted by atomic mass is 10.1. The van der Waals surface area contributed by atoms with Crippen molar-refractivity contribution in [2.24, 2.45) is 4.99 Å². The molecule has 0 aliphatic heterocycles. The Morgan fingerprint density at radius 3 is 2.42 bits per heavy atom. The van der Waals surface area contributed by atoms with E-state index >= 15 is 0 Å². The van der Waals surface area contributed by atoms with Crippen molar-refractivity contribution in [2.75, 3.05) is 32.6 Å². The lowest BCUT2D eigenvalue weighted by Gasteiger charge is -2.14. The van der Waals surface area contributed by atoms with Crippen molar-refractivity contribution in [1.82, 2.24) is 5.32 Å². The zero-order valence-electron chi connectivity index (χ0n) is 15.8. The predicted molar refractivity (Wildman–Crippen MR) is 119 cm³/mol. The number of nitrogens with one attached hydrogen (secondary N) is 2. The average Bonchev–Trinajstić information content (AvgIpc) is 2.63. The molecule has 0 spiro atoms. The van der Waals surface area contributed by atoms with Gasteiger partial charge in [-0.1, -0.05) is 24.3 Å². The normalized spacial score (nSPS) is 10.7. The van der Waals surface area contributed by atoms with E-state index in [9.17, 15) is 0 Å². The minimum absolute atomic E-state index is 0. The summed E-state index contributed by atoms with van der Waals surface area (Å²) < 4.78 is 10.6. The molecule has 0 amide bonds. The van der Waals surface area contributed by atoms with Gasteiger partial charge in [-0.15, -0.1) is 24.0 Å². The number of anilines is 1. The first-order valence-corrected chi connectivity index (χ1v) is 8.49. The van der Waals surface area contributed by atoms with Crippen LogP contribution in [0.3, 0.4) is 0 Å². The molecule has 2 rings (SSSR count). The lowest BCUT2D eigenvalue weighted by molar-refractivity contribution is 0.355.